The molecule has 0 atom stereocenters. The molecular weight excluding hydrogens is 202 g/mol. The zero-order chi connectivity index (χ0) is 11.3. The largest absolute Gasteiger partial charge is 0.711 e. The van der Waals surface area contributed by atoms with Crippen LogP contribution in [-0.4, -0.2) is 23.2 Å². The lowest BCUT2D eigenvalue weighted by Crippen LogP contribution is -2.30. The third kappa shape index (κ3) is 3.06. The maximum Gasteiger partial charge on any atom is 0.284 e. The summed E-state index contributed by atoms with van der Waals surface area (Å²) in [5.74, 6) is 0.109. The Morgan fingerprint density at radius 2 is 2.33 bits per heavy atom. The number of nitrogens with one attached hydrogen (secondary N) is 1. The van der Waals surface area contributed by atoms with Gasteiger partial charge in [0.2, 0.25) is 0 Å². The first kappa shape index (κ1) is 11.2. The molecule has 82 valence electrons. The Morgan fingerprint density at radius 1 is 1.60 bits per heavy atom. The molecule has 0 unspecified atom stereocenters. The second-order valence-corrected chi connectivity index (χ2v) is 2.86. The van der Waals surface area contributed by atoms with Gasteiger partial charge in [-0.05, 0) is 0 Å². The van der Waals surface area contributed by atoms with Crippen molar-refractivity contribution in [1.82, 2.24) is 0 Å². The summed E-state index contributed by atoms with van der Waals surface area (Å²) in [6.45, 7) is 0.390. The summed E-state index contributed by atoms with van der Waals surface area (Å²) in [6.07, 6.45) is 1.54. The number of hydrogen-bond donors (Lipinski definition) is 2. The number of nitro groups is 1. The number of aliphatic hydroxyl groups excluding tert-OH is 1. The van der Waals surface area contributed by atoms with Crippen LogP contribution < -0.4 is 10.0 Å². The number of nitrogens with zero attached hydrogens (tertiary/aromatic N) is 2. The van der Waals surface area contributed by atoms with Crippen LogP contribution >= 0.6 is 0 Å². The van der Waals surface area contributed by atoms with Gasteiger partial charge in [0, 0.05) is 13.0 Å². The lowest BCUT2D eigenvalue weighted by atomic mass is 10.4. The maximum atomic E-state index is 11.2. The van der Waals surface area contributed by atoms with Crippen LogP contribution in [0.2, 0.25) is 0 Å². The van der Waals surface area contributed by atoms with Gasteiger partial charge in [-0.3, -0.25) is 15.4 Å². The molecule has 15 heavy (non-hydrogen) atoms. The molecule has 0 aromatic carbocycles. The van der Waals surface area contributed by atoms with Gasteiger partial charge in [0.1, 0.15) is 12.3 Å². The highest BCUT2D eigenvalue weighted by atomic mass is 16.6. The van der Waals surface area contributed by atoms with E-state index in [0.29, 0.717) is 17.7 Å². The Bertz CT molecular complexity index is 356. The fraction of sp³-hybridized carbons (Fsp3) is 0.375. The molecule has 0 aliphatic rings. The first-order chi connectivity index (χ1) is 7.15. The Balaban J connectivity index is 2.76. The van der Waals surface area contributed by atoms with E-state index in [1.807, 2.05) is 0 Å². The Labute approximate surface area is 85.7 Å². The van der Waals surface area contributed by atoms with Crippen molar-refractivity contribution in [3.05, 3.63) is 33.7 Å². The van der Waals surface area contributed by atoms with E-state index >= 15 is 0 Å². The van der Waals surface area contributed by atoms with Crippen LogP contribution in [0.1, 0.15) is 6.42 Å². The van der Waals surface area contributed by atoms with Gasteiger partial charge in [-0.1, -0.05) is 0 Å². The molecule has 0 fully saturated rings. The smallest absolute Gasteiger partial charge is 0.284 e. The molecule has 1 aromatic heterocycles. The molecule has 0 bridgehead atoms. The quantitative estimate of drug-likeness (QED) is 0.236. The maximum absolute atomic E-state index is 11.2. The Morgan fingerprint density at radius 3 is 2.93 bits per heavy atom. The summed E-state index contributed by atoms with van der Waals surface area (Å²) < 4.78 is 0.504. The van der Waals surface area contributed by atoms with Crippen LogP contribution in [0.4, 0.5) is 11.5 Å². The highest BCUT2D eigenvalue weighted by Gasteiger charge is 2.11. The summed E-state index contributed by atoms with van der Waals surface area (Å²) >= 11 is 0. The topological polar surface area (TPSA) is 102 Å². The second kappa shape index (κ2) is 5.11. The van der Waals surface area contributed by atoms with Crippen LogP contribution in [0.3, 0.4) is 0 Å². The Kier molecular flexibility index (Phi) is 3.81. The first-order valence-corrected chi connectivity index (χ1v) is 4.37. The number of hydrogen-bond acceptors (Lipinski definition) is 5. The zero-order valence-corrected chi connectivity index (χ0v) is 7.92. The summed E-state index contributed by atoms with van der Waals surface area (Å²) in [4.78, 5) is 9.85. The van der Waals surface area contributed by atoms with Gasteiger partial charge >= 0.3 is 0 Å². The molecule has 1 aromatic rings. The van der Waals surface area contributed by atoms with Crippen LogP contribution in [0.25, 0.3) is 0 Å². The van der Waals surface area contributed by atoms with E-state index < -0.39 is 4.92 Å². The highest BCUT2D eigenvalue weighted by molar-refractivity contribution is 5.40. The SMILES string of the molecule is O=[N+]([O-])c1cc[n+]([O-])c(NCCCO)c1. The van der Waals surface area contributed by atoms with E-state index in [0.717, 1.165) is 18.3 Å². The molecule has 0 saturated carbocycles. The number of aromatic nitrogens is 1. The molecule has 0 aliphatic carbocycles. The van der Waals surface area contributed by atoms with Gasteiger partial charge in [-0.25, -0.2) is 4.73 Å². The third-order valence-electron chi connectivity index (χ3n) is 1.75. The van der Waals surface area contributed by atoms with Gasteiger partial charge in [-0.2, -0.15) is 0 Å². The molecule has 0 spiro atoms. The number of anilines is 1. The van der Waals surface area contributed by atoms with Crippen molar-refractivity contribution in [1.29, 1.82) is 0 Å². The lowest BCUT2D eigenvalue weighted by molar-refractivity contribution is -0.591. The Hall–Kier alpha value is -1.89. The molecule has 1 heterocycles. The molecule has 0 amide bonds. The van der Waals surface area contributed by atoms with Crippen molar-refractivity contribution in [2.75, 3.05) is 18.5 Å². The molecule has 7 nitrogen and oxygen atoms in total. The molecule has 2 N–H and O–H groups in total. The molecule has 1 rings (SSSR count). The minimum atomic E-state index is -0.572. The first-order valence-electron chi connectivity index (χ1n) is 4.37. The van der Waals surface area contributed by atoms with Crippen molar-refractivity contribution in [3.63, 3.8) is 0 Å². The zero-order valence-electron chi connectivity index (χ0n) is 7.92. The van der Waals surface area contributed by atoms with E-state index in [2.05, 4.69) is 5.32 Å². The number of aliphatic hydroxyl groups is 1. The summed E-state index contributed by atoms with van der Waals surface area (Å²) in [7, 11) is 0. The van der Waals surface area contributed by atoms with Gasteiger partial charge in [0.05, 0.1) is 17.5 Å². The van der Waals surface area contributed by atoms with Gasteiger partial charge < -0.3 is 10.3 Å². The summed E-state index contributed by atoms with van der Waals surface area (Å²) in [5.41, 5.74) is -0.145. The van der Waals surface area contributed by atoms with Crippen LogP contribution in [0, 0.1) is 15.3 Å². The van der Waals surface area contributed by atoms with E-state index in [9.17, 15) is 15.3 Å². The van der Waals surface area contributed by atoms with Crippen molar-refractivity contribution in [2.45, 2.75) is 6.42 Å². The third-order valence-corrected chi connectivity index (χ3v) is 1.75. The van der Waals surface area contributed by atoms with Crippen molar-refractivity contribution in [3.8, 4) is 0 Å². The van der Waals surface area contributed by atoms with E-state index in [-0.39, 0.29) is 18.1 Å². The molecule has 7 heteroatoms. The van der Waals surface area contributed by atoms with E-state index in [4.69, 9.17) is 5.11 Å². The van der Waals surface area contributed by atoms with Gasteiger partial charge in [0.15, 0.2) is 0 Å². The van der Waals surface area contributed by atoms with Crippen LogP contribution in [0.15, 0.2) is 18.3 Å². The number of rotatable bonds is 5. The highest BCUT2D eigenvalue weighted by Crippen LogP contribution is 2.12. The van der Waals surface area contributed by atoms with E-state index in [1.165, 1.54) is 0 Å². The predicted molar refractivity (Wildman–Crippen MR) is 52.2 cm³/mol. The second-order valence-electron chi connectivity index (χ2n) is 2.86. The minimum absolute atomic E-state index is 0.000778. The predicted octanol–water partition coefficient (Wildman–Crippen LogP) is 0.0225. The van der Waals surface area contributed by atoms with E-state index in [1.54, 1.807) is 0 Å². The van der Waals surface area contributed by atoms with Crippen molar-refractivity contribution >= 4 is 11.5 Å². The lowest BCUT2D eigenvalue weighted by Gasteiger charge is -2.07. The summed E-state index contributed by atoms with van der Waals surface area (Å²) in [5, 5.41) is 32.8. The molecular formula is C8H11N3O4. The summed E-state index contributed by atoms with van der Waals surface area (Å²) in [6, 6.07) is 2.29. The minimum Gasteiger partial charge on any atom is -0.711 e. The average molecular weight is 213 g/mol. The normalized spacial score (nSPS) is 9.93. The fourth-order valence-electron chi connectivity index (χ4n) is 1.01. The van der Waals surface area contributed by atoms with Crippen LogP contribution in [0.5, 0.6) is 0 Å². The molecule has 0 aliphatic heterocycles. The average Bonchev–Trinajstić information content (AvgIpc) is 2.20. The van der Waals surface area contributed by atoms with Gasteiger partial charge in [0.25, 0.3) is 11.5 Å². The van der Waals surface area contributed by atoms with Crippen LogP contribution in [-0.2, 0) is 0 Å². The molecule has 0 radical (unpaired) electrons. The molecule has 0 saturated heterocycles. The standard InChI is InChI=1S/C8H11N3O4/c12-5-1-3-9-8-6-7(11(14)15)2-4-10(8)13/h2,4,6,9,12H,1,3,5H2. The monoisotopic (exact) mass is 213 g/mol. The van der Waals surface area contributed by atoms with Crippen molar-refractivity contribution < 1.29 is 14.8 Å². The van der Waals surface area contributed by atoms with Gasteiger partial charge in [-0.15, -0.1) is 0 Å². The van der Waals surface area contributed by atoms with Crippen molar-refractivity contribution in [2.24, 2.45) is 0 Å². The number of pyridine rings is 1. The fourth-order valence-corrected chi connectivity index (χ4v) is 1.01.